The van der Waals surface area contributed by atoms with Crippen LogP contribution in [0.5, 0.6) is 0 Å². The lowest BCUT2D eigenvalue weighted by atomic mass is 10.2. The second kappa shape index (κ2) is 9.01. The van der Waals surface area contributed by atoms with Crippen molar-refractivity contribution >= 4 is 39.8 Å². The van der Waals surface area contributed by atoms with E-state index in [-0.39, 0.29) is 47.9 Å². The molecule has 1 aliphatic rings. The molecule has 126 valence electrons. The zero-order chi connectivity index (χ0) is 15.2. The fourth-order valence-corrected chi connectivity index (χ4v) is 3.63. The summed E-state index contributed by atoms with van der Waals surface area (Å²) in [6.07, 6.45) is -3.94. The van der Waals surface area contributed by atoms with Crippen LogP contribution >= 0.6 is 24.0 Å². The largest absolute Gasteiger partial charge is 0.389 e. The third-order valence-corrected chi connectivity index (χ3v) is 4.74. The predicted molar refractivity (Wildman–Crippen MR) is 86.9 cm³/mol. The van der Waals surface area contributed by atoms with Crippen molar-refractivity contribution in [2.45, 2.75) is 37.9 Å². The number of alkyl halides is 3. The molecule has 21 heavy (non-hydrogen) atoms. The summed E-state index contributed by atoms with van der Waals surface area (Å²) in [6, 6.07) is -0.179. The van der Waals surface area contributed by atoms with Gasteiger partial charge in [-0.25, -0.2) is 8.42 Å². The maximum atomic E-state index is 11.9. The van der Waals surface area contributed by atoms with E-state index in [2.05, 4.69) is 15.6 Å². The van der Waals surface area contributed by atoms with E-state index in [0.717, 1.165) is 0 Å². The number of hydrogen-bond donors (Lipinski definition) is 2. The van der Waals surface area contributed by atoms with Gasteiger partial charge in [0.05, 0.1) is 11.5 Å². The molecular formula is C11H21F3IN3O2S. The van der Waals surface area contributed by atoms with E-state index in [1.54, 1.807) is 0 Å². The standard InChI is InChI=1S/C11H20F3N3O2S.HI/c1-15-10(16-6-3-2-5-11(12,13)14)17-9-4-7-20(18,19)8-9;/h9H,2-8H2,1H3,(H2,15,16,17);1H. The molecule has 1 fully saturated rings. The molecule has 1 saturated heterocycles. The Labute approximate surface area is 140 Å². The van der Waals surface area contributed by atoms with Crippen molar-refractivity contribution in [2.75, 3.05) is 25.1 Å². The molecule has 1 rings (SSSR count). The quantitative estimate of drug-likeness (QED) is 0.294. The average molecular weight is 443 g/mol. The summed E-state index contributed by atoms with van der Waals surface area (Å²) < 4.78 is 58.4. The molecule has 1 atom stereocenters. The van der Waals surface area contributed by atoms with Crippen molar-refractivity contribution < 1.29 is 21.6 Å². The highest BCUT2D eigenvalue weighted by atomic mass is 127. The Morgan fingerprint density at radius 1 is 1.33 bits per heavy atom. The van der Waals surface area contributed by atoms with Crippen molar-refractivity contribution in [1.82, 2.24) is 10.6 Å². The van der Waals surface area contributed by atoms with Crippen LogP contribution in [0.25, 0.3) is 0 Å². The number of halogens is 4. The Kier molecular flexibility index (Phi) is 8.90. The third-order valence-electron chi connectivity index (χ3n) is 2.98. The lowest BCUT2D eigenvalue weighted by molar-refractivity contribution is -0.135. The van der Waals surface area contributed by atoms with E-state index in [4.69, 9.17) is 0 Å². The fraction of sp³-hybridized carbons (Fsp3) is 0.909. The number of nitrogens with zero attached hydrogens (tertiary/aromatic N) is 1. The minimum absolute atomic E-state index is 0. The van der Waals surface area contributed by atoms with Crippen LogP contribution < -0.4 is 10.6 Å². The lowest BCUT2D eigenvalue weighted by Crippen LogP contribution is -2.44. The molecule has 5 nitrogen and oxygen atoms in total. The van der Waals surface area contributed by atoms with E-state index >= 15 is 0 Å². The molecule has 0 aromatic rings. The molecule has 1 aliphatic heterocycles. The minimum atomic E-state index is -4.11. The second-order valence-corrected chi connectivity index (χ2v) is 7.04. The monoisotopic (exact) mass is 443 g/mol. The van der Waals surface area contributed by atoms with Gasteiger partial charge in [-0.3, -0.25) is 4.99 Å². The van der Waals surface area contributed by atoms with Gasteiger partial charge < -0.3 is 10.6 Å². The normalized spacial score (nSPS) is 21.7. The number of aliphatic imine (C=N–C) groups is 1. The maximum Gasteiger partial charge on any atom is 0.389 e. The summed E-state index contributed by atoms with van der Waals surface area (Å²) in [5.74, 6) is 0.661. The summed E-state index contributed by atoms with van der Waals surface area (Å²) in [5.41, 5.74) is 0. The van der Waals surface area contributed by atoms with Crippen LogP contribution in [0, 0.1) is 0 Å². The van der Waals surface area contributed by atoms with Gasteiger partial charge in [0, 0.05) is 26.1 Å². The van der Waals surface area contributed by atoms with E-state index in [9.17, 15) is 21.6 Å². The van der Waals surface area contributed by atoms with Gasteiger partial charge >= 0.3 is 6.18 Å². The summed E-state index contributed by atoms with van der Waals surface area (Å²) >= 11 is 0. The van der Waals surface area contributed by atoms with Gasteiger partial charge in [0.2, 0.25) is 0 Å². The molecule has 1 heterocycles. The van der Waals surface area contributed by atoms with E-state index in [0.29, 0.717) is 25.3 Å². The minimum Gasteiger partial charge on any atom is -0.356 e. The van der Waals surface area contributed by atoms with Crippen molar-refractivity contribution in [3.63, 3.8) is 0 Å². The highest BCUT2D eigenvalue weighted by Gasteiger charge is 2.28. The summed E-state index contributed by atoms with van der Waals surface area (Å²) in [5, 5.41) is 5.85. The Morgan fingerprint density at radius 2 is 2.00 bits per heavy atom. The number of unbranched alkanes of at least 4 members (excludes halogenated alkanes) is 1. The van der Waals surface area contributed by atoms with Crippen molar-refractivity contribution in [2.24, 2.45) is 4.99 Å². The lowest BCUT2D eigenvalue weighted by Gasteiger charge is -2.16. The molecule has 1 unspecified atom stereocenters. The molecule has 0 aromatic heterocycles. The molecular weight excluding hydrogens is 422 g/mol. The van der Waals surface area contributed by atoms with Gasteiger partial charge in [0.1, 0.15) is 0 Å². The van der Waals surface area contributed by atoms with Crippen LogP contribution in [0.3, 0.4) is 0 Å². The first-order valence-corrected chi connectivity index (χ1v) is 8.28. The van der Waals surface area contributed by atoms with Gasteiger partial charge in [-0.2, -0.15) is 13.2 Å². The Bertz CT molecular complexity index is 440. The fourth-order valence-electron chi connectivity index (χ4n) is 1.95. The Hall–Kier alpha value is -0.260. The molecule has 10 heteroatoms. The number of nitrogens with one attached hydrogen (secondary N) is 2. The summed E-state index contributed by atoms with van der Waals surface area (Å²) in [6.45, 7) is 0.370. The van der Waals surface area contributed by atoms with Gasteiger partial charge in [-0.15, -0.1) is 24.0 Å². The van der Waals surface area contributed by atoms with Crippen molar-refractivity contribution in [3.05, 3.63) is 0 Å². The molecule has 0 aliphatic carbocycles. The number of guanidine groups is 1. The van der Waals surface area contributed by atoms with Gasteiger partial charge in [-0.05, 0) is 19.3 Å². The number of hydrogen-bond acceptors (Lipinski definition) is 3. The second-order valence-electron chi connectivity index (χ2n) is 4.82. The van der Waals surface area contributed by atoms with Crippen LogP contribution in [-0.2, 0) is 9.84 Å². The first kappa shape index (κ1) is 20.7. The van der Waals surface area contributed by atoms with E-state index < -0.39 is 22.4 Å². The van der Waals surface area contributed by atoms with Crippen LogP contribution in [0.1, 0.15) is 25.7 Å². The number of sulfone groups is 1. The summed E-state index contributed by atoms with van der Waals surface area (Å²) in [4.78, 5) is 3.92. The molecule has 0 amide bonds. The van der Waals surface area contributed by atoms with E-state index in [1.165, 1.54) is 7.05 Å². The zero-order valence-electron chi connectivity index (χ0n) is 11.7. The van der Waals surface area contributed by atoms with E-state index in [1.807, 2.05) is 0 Å². The first-order chi connectivity index (χ1) is 9.22. The topological polar surface area (TPSA) is 70.6 Å². The average Bonchev–Trinajstić information content (AvgIpc) is 2.65. The van der Waals surface area contributed by atoms with Crippen LogP contribution in [0.2, 0.25) is 0 Å². The zero-order valence-corrected chi connectivity index (χ0v) is 14.9. The molecule has 2 N–H and O–H groups in total. The molecule has 0 radical (unpaired) electrons. The maximum absolute atomic E-state index is 11.9. The highest BCUT2D eigenvalue weighted by molar-refractivity contribution is 14.0. The van der Waals surface area contributed by atoms with Crippen LogP contribution in [-0.4, -0.2) is 51.7 Å². The third kappa shape index (κ3) is 9.38. The summed E-state index contributed by atoms with van der Waals surface area (Å²) in [7, 11) is -1.43. The predicted octanol–water partition coefficient (Wildman–Crippen LogP) is 1.69. The SMILES string of the molecule is CN=C(NCCCCC(F)(F)F)NC1CCS(=O)(=O)C1.I. The van der Waals surface area contributed by atoms with Crippen LogP contribution in [0.15, 0.2) is 4.99 Å². The van der Waals surface area contributed by atoms with Gasteiger partial charge in [0.25, 0.3) is 0 Å². The Morgan fingerprint density at radius 3 is 2.48 bits per heavy atom. The highest BCUT2D eigenvalue weighted by Crippen LogP contribution is 2.21. The first-order valence-electron chi connectivity index (χ1n) is 6.46. The van der Waals surface area contributed by atoms with Crippen LogP contribution in [0.4, 0.5) is 13.2 Å². The van der Waals surface area contributed by atoms with Crippen molar-refractivity contribution in [3.8, 4) is 0 Å². The Balaban J connectivity index is 0.00000400. The number of rotatable bonds is 5. The molecule has 0 spiro atoms. The van der Waals surface area contributed by atoms with Gasteiger partial charge in [0.15, 0.2) is 15.8 Å². The molecule has 0 bridgehead atoms. The van der Waals surface area contributed by atoms with Gasteiger partial charge in [-0.1, -0.05) is 0 Å². The molecule has 0 saturated carbocycles. The van der Waals surface area contributed by atoms with Crippen molar-refractivity contribution in [1.29, 1.82) is 0 Å². The molecule has 0 aromatic carbocycles. The smallest absolute Gasteiger partial charge is 0.356 e.